The van der Waals surface area contributed by atoms with E-state index in [0.29, 0.717) is 5.41 Å². The second-order valence-electron chi connectivity index (χ2n) is 5.64. The van der Waals surface area contributed by atoms with Gasteiger partial charge in [0.2, 0.25) is 0 Å². The molecule has 2 heterocycles. The van der Waals surface area contributed by atoms with Crippen LogP contribution in [0.4, 0.5) is 4.79 Å². The zero-order chi connectivity index (χ0) is 11.1. The normalized spacial score (nSPS) is 24.1. The maximum atomic E-state index is 11.7. The summed E-state index contributed by atoms with van der Waals surface area (Å²) in [4.78, 5) is 13.5. The summed E-state index contributed by atoms with van der Waals surface area (Å²) in [7, 11) is 0. The Labute approximate surface area is 95.5 Å². The van der Waals surface area contributed by atoms with Gasteiger partial charge in [0.1, 0.15) is 5.60 Å². The fourth-order valence-electron chi connectivity index (χ4n) is 2.12. The Bertz CT molecular complexity index is 258. The highest BCUT2D eigenvalue weighted by molar-refractivity contribution is 7.99. The van der Waals surface area contributed by atoms with E-state index in [1.165, 1.54) is 17.9 Å². The van der Waals surface area contributed by atoms with E-state index in [1.807, 2.05) is 37.4 Å². The van der Waals surface area contributed by atoms with Crippen molar-refractivity contribution in [1.29, 1.82) is 0 Å². The molecule has 0 saturated carbocycles. The number of amides is 1. The van der Waals surface area contributed by atoms with Crippen molar-refractivity contribution in [3.05, 3.63) is 0 Å². The predicted molar refractivity (Wildman–Crippen MR) is 62.2 cm³/mol. The van der Waals surface area contributed by atoms with Gasteiger partial charge in [0.25, 0.3) is 0 Å². The van der Waals surface area contributed by atoms with Gasteiger partial charge in [0, 0.05) is 24.3 Å². The van der Waals surface area contributed by atoms with Crippen LogP contribution in [-0.4, -0.2) is 41.2 Å². The zero-order valence-electron chi connectivity index (χ0n) is 9.71. The summed E-state index contributed by atoms with van der Waals surface area (Å²) < 4.78 is 5.32. The number of ether oxygens (including phenoxy) is 1. The van der Waals surface area contributed by atoms with E-state index in [2.05, 4.69) is 0 Å². The number of nitrogens with zero attached hydrogens (tertiary/aromatic N) is 1. The van der Waals surface area contributed by atoms with Gasteiger partial charge in [0.15, 0.2) is 0 Å². The molecule has 3 nitrogen and oxygen atoms in total. The highest BCUT2D eigenvalue weighted by Crippen LogP contribution is 2.43. The van der Waals surface area contributed by atoms with Crippen LogP contribution < -0.4 is 0 Å². The van der Waals surface area contributed by atoms with Crippen LogP contribution in [0.1, 0.15) is 27.2 Å². The Morgan fingerprint density at radius 1 is 1.40 bits per heavy atom. The molecule has 2 rings (SSSR count). The highest BCUT2D eigenvalue weighted by Gasteiger charge is 2.48. The average Bonchev–Trinajstić information content (AvgIpc) is 2.44. The molecule has 0 atom stereocenters. The van der Waals surface area contributed by atoms with Crippen LogP contribution in [0.5, 0.6) is 0 Å². The van der Waals surface area contributed by atoms with Gasteiger partial charge in [-0.3, -0.25) is 0 Å². The molecular formula is C11H19NO2S. The number of carbonyl (C=O) groups excluding carboxylic acids is 1. The lowest BCUT2D eigenvalue weighted by Crippen LogP contribution is -2.59. The third-order valence-corrected chi connectivity index (χ3v) is 4.20. The number of hydrogen-bond donors (Lipinski definition) is 0. The molecular weight excluding hydrogens is 210 g/mol. The SMILES string of the molecule is CC(C)(C)OC(=O)N1CC2(CCSC2)C1. The van der Waals surface area contributed by atoms with E-state index < -0.39 is 0 Å². The summed E-state index contributed by atoms with van der Waals surface area (Å²) in [6.45, 7) is 7.52. The van der Waals surface area contributed by atoms with Gasteiger partial charge in [-0.05, 0) is 32.9 Å². The molecule has 0 aromatic heterocycles. The summed E-state index contributed by atoms with van der Waals surface area (Å²) in [6, 6.07) is 0. The quantitative estimate of drug-likeness (QED) is 0.638. The standard InChI is InChI=1S/C11H19NO2S/c1-10(2,3)14-9(13)12-6-11(7-12)4-5-15-8-11/h4-8H2,1-3H3. The van der Waals surface area contributed by atoms with Crippen molar-refractivity contribution in [2.24, 2.45) is 5.41 Å². The summed E-state index contributed by atoms with van der Waals surface area (Å²) >= 11 is 2.00. The minimum atomic E-state index is -0.371. The fraction of sp³-hybridized carbons (Fsp3) is 0.909. The van der Waals surface area contributed by atoms with Crippen molar-refractivity contribution in [2.75, 3.05) is 24.6 Å². The van der Waals surface area contributed by atoms with Gasteiger partial charge in [0.05, 0.1) is 0 Å². The molecule has 0 unspecified atom stereocenters. The van der Waals surface area contributed by atoms with Gasteiger partial charge < -0.3 is 9.64 Å². The monoisotopic (exact) mass is 229 g/mol. The molecule has 0 bridgehead atoms. The highest BCUT2D eigenvalue weighted by atomic mass is 32.2. The molecule has 0 aromatic carbocycles. The van der Waals surface area contributed by atoms with Crippen LogP contribution in [0.25, 0.3) is 0 Å². The first-order valence-corrected chi connectivity index (χ1v) is 6.61. The Hall–Kier alpha value is -0.380. The first-order valence-electron chi connectivity index (χ1n) is 5.46. The van der Waals surface area contributed by atoms with E-state index in [1.54, 1.807) is 0 Å². The molecule has 0 aromatic rings. The lowest BCUT2D eigenvalue weighted by molar-refractivity contribution is -0.0250. The van der Waals surface area contributed by atoms with Crippen molar-refractivity contribution in [3.8, 4) is 0 Å². The second-order valence-corrected chi connectivity index (χ2v) is 6.74. The first kappa shape index (κ1) is 11.1. The van der Waals surface area contributed by atoms with Crippen molar-refractivity contribution in [1.82, 2.24) is 4.90 Å². The van der Waals surface area contributed by atoms with Crippen molar-refractivity contribution >= 4 is 17.9 Å². The molecule has 2 aliphatic heterocycles. The molecule has 1 spiro atoms. The van der Waals surface area contributed by atoms with Gasteiger partial charge in [-0.15, -0.1) is 0 Å². The topological polar surface area (TPSA) is 29.5 Å². The van der Waals surface area contributed by atoms with Crippen LogP contribution in [0, 0.1) is 5.41 Å². The number of rotatable bonds is 0. The van der Waals surface area contributed by atoms with Crippen LogP contribution in [0.15, 0.2) is 0 Å². The maximum absolute atomic E-state index is 11.7. The molecule has 86 valence electrons. The molecule has 2 fully saturated rings. The smallest absolute Gasteiger partial charge is 0.410 e. The molecule has 15 heavy (non-hydrogen) atoms. The fourth-order valence-corrected chi connectivity index (χ4v) is 3.60. The summed E-state index contributed by atoms with van der Waals surface area (Å²) in [5.41, 5.74) is 0.0613. The minimum Gasteiger partial charge on any atom is -0.444 e. The van der Waals surface area contributed by atoms with E-state index in [9.17, 15) is 4.79 Å². The minimum absolute atomic E-state index is 0.148. The lowest BCUT2D eigenvalue weighted by Gasteiger charge is -2.47. The van der Waals surface area contributed by atoms with Crippen molar-refractivity contribution in [3.63, 3.8) is 0 Å². The zero-order valence-corrected chi connectivity index (χ0v) is 10.5. The van der Waals surface area contributed by atoms with Gasteiger partial charge in [-0.1, -0.05) is 0 Å². The molecule has 2 saturated heterocycles. The van der Waals surface area contributed by atoms with E-state index >= 15 is 0 Å². The summed E-state index contributed by atoms with van der Waals surface area (Å²) in [5, 5.41) is 0. The van der Waals surface area contributed by atoms with Crippen LogP contribution in [0.3, 0.4) is 0 Å². The molecule has 0 N–H and O–H groups in total. The molecule has 0 aliphatic carbocycles. The summed E-state index contributed by atoms with van der Waals surface area (Å²) in [5.74, 6) is 2.47. The van der Waals surface area contributed by atoms with Crippen LogP contribution >= 0.6 is 11.8 Å². The molecule has 4 heteroatoms. The van der Waals surface area contributed by atoms with Crippen LogP contribution in [-0.2, 0) is 4.74 Å². The third kappa shape index (κ3) is 2.41. The summed E-state index contributed by atoms with van der Waals surface area (Å²) in [6.07, 6.45) is 1.11. The Morgan fingerprint density at radius 3 is 2.53 bits per heavy atom. The number of thioether (sulfide) groups is 1. The van der Waals surface area contributed by atoms with Gasteiger partial charge in [-0.2, -0.15) is 11.8 Å². The van der Waals surface area contributed by atoms with Crippen molar-refractivity contribution < 1.29 is 9.53 Å². The van der Waals surface area contributed by atoms with Crippen LogP contribution in [0.2, 0.25) is 0 Å². The molecule has 2 aliphatic rings. The van der Waals surface area contributed by atoms with E-state index in [0.717, 1.165) is 13.1 Å². The second kappa shape index (κ2) is 3.58. The van der Waals surface area contributed by atoms with Gasteiger partial charge >= 0.3 is 6.09 Å². The third-order valence-electron chi connectivity index (χ3n) is 2.89. The lowest BCUT2D eigenvalue weighted by atomic mass is 9.80. The average molecular weight is 229 g/mol. The maximum Gasteiger partial charge on any atom is 0.410 e. The van der Waals surface area contributed by atoms with E-state index in [4.69, 9.17) is 4.74 Å². The largest absolute Gasteiger partial charge is 0.444 e. The van der Waals surface area contributed by atoms with Crippen molar-refractivity contribution in [2.45, 2.75) is 32.8 Å². The Balaban J connectivity index is 1.81. The number of carbonyl (C=O) groups is 1. The van der Waals surface area contributed by atoms with E-state index in [-0.39, 0.29) is 11.7 Å². The number of likely N-dealkylation sites (tertiary alicyclic amines) is 1. The first-order chi connectivity index (χ1) is 6.90. The predicted octanol–water partition coefficient (Wildman–Crippen LogP) is 2.36. The number of hydrogen-bond acceptors (Lipinski definition) is 3. The molecule has 1 amide bonds. The Morgan fingerprint density at radius 2 is 2.07 bits per heavy atom. The Kier molecular flexibility index (Phi) is 2.65. The molecule has 0 radical (unpaired) electrons. The van der Waals surface area contributed by atoms with Gasteiger partial charge in [-0.25, -0.2) is 4.79 Å².